The van der Waals surface area contributed by atoms with Crippen molar-refractivity contribution in [3.05, 3.63) is 35.9 Å². The van der Waals surface area contributed by atoms with E-state index in [4.69, 9.17) is 23.7 Å². The summed E-state index contributed by atoms with van der Waals surface area (Å²) in [5.74, 6) is -1.02. The average molecular weight is 408 g/mol. The summed E-state index contributed by atoms with van der Waals surface area (Å²) in [6, 6.07) is 9.40. The SMILES string of the molecule is CO[C@@H]1O[C@H](C[C@H](N[C@@H](C)c2ccccc2)C(=O)OC(C)C)[C@H]2OC(C)(C)O[C@@H]12. The van der Waals surface area contributed by atoms with Crippen LogP contribution in [0.3, 0.4) is 0 Å². The van der Waals surface area contributed by atoms with Crippen LogP contribution in [0.25, 0.3) is 0 Å². The van der Waals surface area contributed by atoms with Crippen LogP contribution in [0.4, 0.5) is 0 Å². The molecule has 2 saturated heterocycles. The molecule has 1 aromatic carbocycles. The highest BCUT2D eigenvalue weighted by atomic mass is 16.8. The number of methoxy groups -OCH3 is 1. The summed E-state index contributed by atoms with van der Waals surface area (Å²) >= 11 is 0. The second-order valence-electron chi connectivity index (χ2n) is 8.42. The van der Waals surface area contributed by atoms with Crippen LogP contribution in [0.1, 0.15) is 52.6 Å². The molecule has 0 unspecified atom stereocenters. The van der Waals surface area contributed by atoms with E-state index >= 15 is 0 Å². The van der Waals surface area contributed by atoms with E-state index in [-0.39, 0.29) is 36.4 Å². The van der Waals surface area contributed by atoms with Gasteiger partial charge in [0.15, 0.2) is 12.1 Å². The summed E-state index contributed by atoms with van der Waals surface area (Å²) < 4.78 is 29.0. The molecule has 2 fully saturated rings. The summed E-state index contributed by atoms with van der Waals surface area (Å²) in [5.41, 5.74) is 1.09. The van der Waals surface area contributed by atoms with Gasteiger partial charge in [0.1, 0.15) is 18.2 Å². The minimum absolute atomic E-state index is 0.0338. The number of carbonyl (C=O) groups is 1. The number of benzene rings is 1. The lowest BCUT2D eigenvalue weighted by Gasteiger charge is -2.28. The monoisotopic (exact) mass is 407 g/mol. The zero-order chi connectivity index (χ0) is 21.2. The third-order valence-corrected chi connectivity index (χ3v) is 5.19. The summed E-state index contributed by atoms with van der Waals surface area (Å²) in [4.78, 5) is 12.8. The van der Waals surface area contributed by atoms with Crippen LogP contribution in [-0.2, 0) is 28.5 Å². The van der Waals surface area contributed by atoms with E-state index in [1.165, 1.54) is 0 Å². The van der Waals surface area contributed by atoms with Crippen LogP contribution in [0.15, 0.2) is 30.3 Å². The number of fused-ring (bicyclic) bond motifs is 1. The minimum atomic E-state index is -0.715. The van der Waals surface area contributed by atoms with E-state index in [1.807, 2.05) is 65.0 Å². The van der Waals surface area contributed by atoms with Gasteiger partial charge in [-0.3, -0.25) is 10.1 Å². The number of hydrogen-bond acceptors (Lipinski definition) is 7. The number of rotatable bonds is 8. The van der Waals surface area contributed by atoms with Gasteiger partial charge in [-0.05, 0) is 40.2 Å². The Morgan fingerprint density at radius 1 is 1.14 bits per heavy atom. The summed E-state index contributed by atoms with van der Waals surface area (Å²) in [7, 11) is 1.58. The highest BCUT2D eigenvalue weighted by Crippen LogP contribution is 2.40. The quantitative estimate of drug-likeness (QED) is 0.664. The number of esters is 1. The molecule has 7 heteroatoms. The van der Waals surface area contributed by atoms with E-state index in [9.17, 15) is 4.79 Å². The Balaban J connectivity index is 1.75. The fraction of sp³-hybridized carbons (Fsp3) is 0.682. The maximum Gasteiger partial charge on any atom is 0.323 e. The van der Waals surface area contributed by atoms with Gasteiger partial charge < -0.3 is 23.7 Å². The van der Waals surface area contributed by atoms with Crippen molar-refractivity contribution in [3.8, 4) is 0 Å². The lowest BCUT2D eigenvalue weighted by molar-refractivity contribution is -0.228. The van der Waals surface area contributed by atoms with Crippen molar-refractivity contribution in [2.24, 2.45) is 0 Å². The summed E-state index contributed by atoms with van der Waals surface area (Å²) in [5, 5.41) is 3.41. The molecular formula is C22H33NO6. The fourth-order valence-corrected chi connectivity index (χ4v) is 3.94. The molecular weight excluding hydrogens is 374 g/mol. The van der Waals surface area contributed by atoms with Crippen molar-refractivity contribution in [1.29, 1.82) is 0 Å². The Morgan fingerprint density at radius 3 is 2.41 bits per heavy atom. The third kappa shape index (κ3) is 5.35. The van der Waals surface area contributed by atoms with Gasteiger partial charge >= 0.3 is 5.97 Å². The van der Waals surface area contributed by atoms with E-state index in [1.54, 1.807) is 7.11 Å². The second kappa shape index (κ2) is 9.10. The van der Waals surface area contributed by atoms with E-state index in [0.29, 0.717) is 6.42 Å². The van der Waals surface area contributed by atoms with E-state index < -0.39 is 18.1 Å². The molecule has 162 valence electrons. The Morgan fingerprint density at radius 2 is 1.79 bits per heavy atom. The molecule has 2 aliphatic rings. The maximum absolute atomic E-state index is 12.8. The number of ether oxygens (including phenoxy) is 5. The van der Waals surface area contributed by atoms with Crippen molar-refractivity contribution in [2.45, 2.75) is 89.6 Å². The number of nitrogens with one attached hydrogen (secondary N) is 1. The molecule has 0 bridgehead atoms. The lowest BCUT2D eigenvalue weighted by atomic mass is 10.0. The Labute approximate surface area is 173 Å². The molecule has 2 heterocycles. The van der Waals surface area contributed by atoms with Gasteiger partial charge in [-0.25, -0.2) is 0 Å². The molecule has 7 nitrogen and oxygen atoms in total. The molecule has 6 atom stereocenters. The van der Waals surface area contributed by atoms with Crippen molar-refractivity contribution >= 4 is 5.97 Å². The fourth-order valence-electron chi connectivity index (χ4n) is 3.94. The van der Waals surface area contributed by atoms with E-state index in [2.05, 4.69) is 5.32 Å². The number of hydrogen-bond donors (Lipinski definition) is 1. The van der Waals surface area contributed by atoms with Gasteiger partial charge in [0.2, 0.25) is 0 Å². The smallest absolute Gasteiger partial charge is 0.323 e. The molecule has 29 heavy (non-hydrogen) atoms. The molecule has 0 saturated carbocycles. The van der Waals surface area contributed by atoms with Crippen LogP contribution in [-0.4, -0.2) is 55.6 Å². The second-order valence-corrected chi connectivity index (χ2v) is 8.42. The third-order valence-electron chi connectivity index (χ3n) is 5.19. The first-order valence-electron chi connectivity index (χ1n) is 10.3. The number of carbonyl (C=O) groups excluding carboxylic acids is 1. The maximum atomic E-state index is 12.8. The van der Waals surface area contributed by atoms with Crippen molar-refractivity contribution in [3.63, 3.8) is 0 Å². The zero-order valence-corrected chi connectivity index (χ0v) is 18.1. The van der Waals surface area contributed by atoms with Gasteiger partial charge in [-0.2, -0.15) is 0 Å². The molecule has 3 rings (SSSR count). The lowest BCUT2D eigenvalue weighted by Crippen LogP contribution is -2.45. The Bertz CT molecular complexity index is 679. The first kappa shape index (κ1) is 22.2. The molecule has 0 radical (unpaired) electrons. The zero-order valence-electron chi connectivity index (χ0n) is 18.1. The predicted molar refractivity (Wildman–Crippen MR) is 107 cm³/mol. The van der Waals surface area contributed by atoms with Crippen molar-refractivity contribution < 1.29 is 28.5 Å². The standard InChI is InChI=1S/C22H33NO6/c1-13(2)26-20(24)16(23-14(3)15-10-8-7-9-11-15)12-17-18-19(21(25-6)27-17)29-22(4,5)28-18/h7-11,13-14,16-19,21,23H,12H2,1-6H3/t14-,16-,17+,18+,19+,21+/m0/s1. The molecule has 1 aromatic rings. The van der Waals surface area contributed by atoms with Crippen LogP contribution >= 0.6 is 0 Å². The predicted octanol–water partition coefficient (Wildman–Crippen LogP) is 2.94. The van der Waals surface area contributed by atoms with Crippen LogP contribution in [0.5, 0.6) is 0 Å². The first-order valence-corrected chi connectivity index (χ1v) is 10.3. The van der Waals surface area contributed by atoms with E-state index in [0.717, 1.165) is 5.56 Å². The highest BCUT2D eigenvalue weighted by molar-refractivity contribution is 5.76. The summed E-state index contributed by atoms with van der Waals surface area (Å²) in [6.07, 6.45) is -1.32. The average Bonchev–Trinajstić information content (AvgIpc) is 3.14. The first-order chi connectivity index (χ1) is 13.7. The van der Waals surface area contributed by atoms with Crippen molar-refractivity contribution in [1.82, 2.24) is 5.32 Å². The topological polar surface area (TPSA) is 75.3 Å². The van der Waals surface area contributed by atoms with Crippen LogP contribution < -0.4 is 5.32 Å². The van der Waals surface area contributed by atoms with Gasteiger partial charge in [0.25, 0.3) is 0 Å². The Hall–Kier alpha value is -1.51. The normalized spacial score (nSPS) is 30.2. The summed E-state index contributed by atoms with van der Waals surface area (Å²) in [6.45, 7) is 9.45. The van der Waals surface area contributed by atoms with Gasteiger partial charge in [0, 0.05) is 19.6 Å². The molecule has 0 spiro atoms. The molecule has 1 N–H and O–H groups in total. The van der Waals surface area contributed by atoms with Gasteiger partial charge in [-0.15, -0.1) is 0 Å². The molecule has 0 aliphatic carbocycles. The largest absolute Gasteiger partial charge is 0.462 e. The van der Waals surface area contributed by atoms with Gasteiger partial charge in [0.05, 0.1) is 12.2 Å². The molecule has 2 aliphatic heterocycles. The molecule has 0 amide bonds. The van der Waals surface area contributed by atoms with Crippen molar-refractivity contribution in [2.75, 3.05) is 7.11 Å². The Kier molecular flexibility index (Phi) is 6.96. The highest BCUT2D eigenvalue weighted by Gasteiger charge is 2.56. The molecule has 0 aromatic heterocycles. The minimum Gasteiger partial charge on any atom is -0.462 e. The van der Waals surface area contributed by atoms with Crippen LogP contribution in [0, 0.1) is 0 Å². The van der Waals surface area contributed by atoms with Gasteiger partial charge in [-0.1, -0.05) is 30.3 Å². The van der Waals surface area contributed by atoms with Crippen LogP contribution in [0.2, 0.25) is 0 Å².